The topological polar surface area (TPSA) is 21.3 Å². The van der Waals surface area contributed by atoms with Crippen molar-refractivity contribution >= 4 is 0 Å². The van der Waals surface area contributed by atoms with Crippen molar-refractivity contribution in [3.05, 3.63) is 29.6 Å². The van der Waals surface area contributed by atoms with Crippen LogP contribution in [0.25, 0.3) is 0 Å². The van der Waals surface area contributed by atoms with Gasteiger partial charge in [0.15, 0.2) is 11.6 Å². The molecule has 0 saturated heterocycles. The molecule has 1 rings (SSSR count). The first kappa shape index (κ1) is 15.8. The normalized spacial score (nSPS) is 13.4. The number of benzene rings is 1. The summed E-state index contributed by atoms with van der Waals surface area (Å²) in [6.45, 7) is 1.65. The van der Waals surface area contributed by atoms with Crippen molar-refractivity contribution in [2.75, 3.05) is 13.7 Å². The highest BCUT2D eigenvalue weighted by Gasteiger charge is 2.26. The molecule has 0 bridgehead atoms. The third kappa shape index (κ3) is 5.06. The molecule has 2 nitrogen and oxygen atoms in total. The molecule has 108 valence electrons. The van der Waals surface area contributed by atoms with E-state index in [0.717, 1.165) is 0 Å². The van der Waals surface area contributed by atoms with Crippen LogP contribution in [0.1, 0.15) is 31.4 Å². The van der Waals surface area contributed by atoms with Crippen molar-refractivity contribution in [1.29, 1.82) is 0 Å². The van der Waals surface area contributed by atoms with Gasteiger partial charge in [0, 0.05) is 18.0 Å². The largest absolute Gasteiger partial charge is 0.490 e. The number of ether oxygens (including phenoxy) is 1. The summed E-state index contributed by atoms with van der Waals surface area (Å²) >= 11 is 0. The summed E-state index contributed by atoms with van der Waals surface area (Å²) in [5.74, 6) is -0.543. The van der Waals surface area contributed by atoms with E-state index in [-0.39, 0.29) is 24.8 Å². The SMILES string of the molecule is CNC(C)c1cccc(F)c1OCCCC(F)(F)F. The van der Waals surface area contributed by atoms with Crippen LogP contribution in [0.4, 0.5) is 17.6 Å². The minimum absolute atomic E-state index is 0.0199. The van der Waals surface area contributed by atoms with E-state index in [9.17, 15) is 17.6 Å². The minimum atomic E-state index is -4.21. The first-order valence-electron chi connectivity index (χ1n) is 6.00. The standard InChI is InChI=1S/C13H17F4NO/c1-9(18-2)10-5-3-6-11(14)12(10)19-8-4-7-13(15,16)17/h3,5-6,9,18H,4,7-8H2,1-2H3. The third-order valence-electron chi connectivity index (χ3n) is 2.75. The van der Waals surface area contributed by atoms with Gasteiger partial charge in [0.25, 0.3) is 0 Å². The van der Waals surface area contributed by atoms with E-state index < -0.39 is 18.4 Å². The lowest BCUT2D eigenvalue weighted by atomic mass is 10.1. The maximum absolute atomic E-state index is 13.6. The molecule has 6 heteroatoms. The zero-order chi connectivity index (χ0) is 14.5. The number of rotatable bonds is 6. The quantitative estimate of drug-likeness (QED) is 0.631. The van der Waals surface area contributed by atoms with Crippen molar-refractivity contribution in [3.63, 3.8) is 0 Å². The van der Waals surface area contributed by atoms with Gasteiger partial charge in [-0.1, -0.05) is 12.1 Å². The Morgan fingerprint density at radius 3 is 2.58 bits per heavy atom. The van der Waals surface area contributed by atoms with E-state index >= 15 is 0 Å². The van der Waals surface area contributed by atoms with Crippen LogP contribution >= 0.6 is 0 Å². The summed E-state index contributed by atoms with van der Waals surface area (Å²) in [6, 6.07) is 4.31. The van der Waals surface area contributed by atoms with Crippen LogP contribution in [0.15, 0.2) is 18.2 Å². The summed E-state index contributed by atoms with van der Waals surface area (Å²) in [5.41, 5.74) is 0.592. The van der Waals surface area contributed by atoms with Crippen molar-refractivity contribution in [1.82, 2.24) is 5.32 Å². The fourth-order valence-corrected chi connectivity index (χ4v) is 1.62. The number of para-hydroxylation sites is 1. The second-order valence-corrected chi connectivity index (χ2v) is 4.24. The van der Waals surface area contributed by atoms with Gasteiger partial charge in [0.05, 0.1) is 6.61 Å². The van der Waals surface area contributed by atoms with Gasteiger partial charge >= 0.3 is 6.18 Å². The molecule has 0 saturated carbocycles. The van der Waals surface area contributed by atoms with E-state index in [1.54, 1.807) is 19.2 Å². The number of halogens is 4. The summed E-state index contributed by atoms with van der Waals surface area (Å²) in [5, 5.41) is 2.94. The lowest BCUT2D eigenvalue weighted by Crippen LogP contribution is -2.15. The Kier molecular flexibility index (Phi) is 5.60. The molecular formula is C13H17F4NO. The molecule has 0 spiro atoms. The predicted octanol–water partition coefficient (Wildman–Crippen LogP) is 3.83. The molecule has 0 aliphatic carbocycles. The van der Waals surface area contributed by atoms with E-state index in [1.807, 2.05) is 6.92 Å². The lowest BCUT2D eigenvalue weighted by Gasteiger charge is -2.17. The number of hydrogen-bond acceptors (Lipinski definition) is 2. The smallest absolute Gasteiger partial charge is 0.389 e. The van der Waals surface area contributed by atoms with Crippen LogP contribution in [-0.2, 0) is 0 Å². The van der Waals surface area contributed by atoms with Gasteiger partial charge in [0.1, 0.15) is 0 Å². The monoisotopic (exact) mass is 279 g/mol. The van der Waals surface area contributed by atoms with Crippen molar-refractivity contribution < 1.29 is 22.3 Å². The maximum Gasteiger partial charge on any atom is 0.389 e. The molecule has 1 aromatic rings. The highest BCUT2D eigenvalue weighted by molar-refractivity contribution is 5.37. The Hall–Kier alpha value is -1.30. The number of alkyl halides is 3. The lowest BCUT2D eigenvalue weighted by molar-refractivity contribution is -0.136. The zero-order valence-electron chi connectivity index (χ0n) is 10.9. The van der Waals surface area contributed by atoms with E-state index in [1.165, 1.54) is 6.07 Å². The molecule has 0 fully saturated rings. The highest BCUT2D eigenvalue weighted by Crippen LogP contribution is 2.28. The first-order valence-corrected chi connectivity index (χ1v) is 6.00. The Morgan fingerprint density at radius 2 is 2.00 bits per heavy atom. The van der Waals surface area contributed by atoms with Gasteiger partial charge in [0.2, 0.25) is 0 Å². The van der Waals surface area contributed by atoms with Crippen LogP contribution in [0.3, 0.4) is 0 Å². The van der Waals surface area contributed by atoms with Gasteiger partial charge in [-0.2, -0.15) is 13.2 Å². The summed E-state index contributed by atoms with van der Waals surface area (Å²) in [7, 11) is 1.71. The molecule has 0 aromatic heterocycles. The summed E-state index contributed by atoms with van der Waals surface area (Å²) in [6.07, 6.45) is -5.33. The fourth-order valence-electron chi connectivity index (χ4n) is 1.62. The molecule has 0 aliphatic rings. The zero-order valence-corrected chi connectivity index (χ0v) is 10.9. The molecular weight excluding hydrogens is 262 g/mol. The Balaban J connectivity index is 2.66. The van der Waals surface area contributed by atoms with Crippen LogP contribution in [-0.4, -0.2) is 19.8 Å². The Bertz CT molecular complexity index is 406. The van der Waals surface area contributed by atoms with Crippen molar-refractivity contribution in [3.8, 4) is 5.75 Å². The maximum atomic E-state index is 13.6. The van der Waals surface area contributed by atoms with Gasteiger partial charge in [-0.25, -0.2) is 4.39 Å². The second-order valence-electron chi connectivity index (χ2n) is 4.24. The average Bonchev–Trinajstić information content (AvgIpc) is 2.33. The van der Waals surface area contributed by atoms with Crippen molar-refractivity contribution in [2.45, 2.75) is 32.0 Å². The number of hydrogen-bond donors (Lipinski definition) is 1. The van der Waals surface area contributed by atoms with Crippen molar-refractivity contribution in [2.24, 2.45) is 0 Å². The minimum Gasteiger partial charge on any atom is -0.490 e. The molecule has 19 heavy (non-hydrogen) atoms. The van der Waals surface area contributed by atoms with Gasteiger partial charge in [-0.15, -0.1) is 0 Å². The molecule has 1 unspecified atom stereocenters. The van der Waals surface area contributed by atoms with E-state index in [4.69, 9.17) is 4.74 Å². The second kappa shape index (κ2) is 6.75. The van der Waals surface area contributed by atoms with Crippen LogP contribution in [0.2, 0.25) is 0 Å². The van der Waals surface area contributed by atoms with Gasteiger partial charge < -0.3 is 10.1 Å². The fraction of sp³-hybridized carbons (Fsp3) is 0.538. The van der Waals surface area contributed by atoms with E-state index in [0.29, 0.717) is 5.56 Å². The van der Waals surface area contributed by atoms with E-state index in [2.05, 4.69) is 5.32 Å². The number of nitrogens with one attached hydrogen (secondary N) is 1. The molecule has 0 heterocycles. The van der Waals surface area contributed by atoms with Crippen LogP contribution in [0, 0.1) is 5.82 Å². The molecule has 1 aromatic carbocycles. The van der Waals surface area contributed by atoms with Gasteiger partial charge in [-0.3, -0.25) is 0 Å². The molecule has 1 N–H and O–H groups in total. The molecule has 0 aliphatic heterocycles. The Labute approximate surface area is 109 Å². The van der Waals surface area contributed by atoms with Crippen LogP contribution in [0.5, 0.6) is 5.75 Å². The first-order chi connectivity index (χ1) is 8.85. The molecule has 0 amide bonds. The molecule has 1 atom stereocenters. The summed E-state index contributed by atoms with van der Waals surface area (Å²) in [4.78, 5) is 0. The molecule has 0 radical (unpaired) electrons. The average molecular weight is 279 g/mol. The highest BCUT2D eigenvalue weighted by atomic mass is 19.4. The van der Waals surface area contributed by atoms with Crippen LogP contribution < -0.4 is 10.1 Å². The third-order valence-corrected chi connectivity index (χ3v) is 2.75. The predicted molar refractivity (Wildman–Crippen MR) is 64.7 cm³/mol. The summed E-state index contributed by atoms with van der Waals surface area (Å²) < 4.78 is 54.8. The Morgan fingerprint density at radius 1 is 1.32 bits per heavy atom. The van der Waals surface area contributed by atoms with Gasteiger partial charge in [-0.05, 0) is 26.5 Å².